The molecule has 25 heavy (non-hydrogen) atoms. The van der Waals surface area contributed by atoms with E-state index in [1.807, 2.05) is 60.7 Å². The number of benzene rings is 2. The van der Waals surface area contributed by atoms with Crippen molar-refractivity contribution >= 4 is 40.3 Å². The lowest BCUT2D eigenvalue weighted by Gasteiger charge is -2.09. The number of hydrogen-bond acceptors (Lipinski definition) is 4. The summed E-state index contributed by atoms with van der Waals surface area (Å²) in [4.78, 5) is 12.4. The third-order valence-electron chi connectivity index (χ3n) is 3.58. The zero-order valence-corrected chi connectivity index (χ0v) is 16.2. The summed E-state index contributed by atoms with van der Waals surface area (Å²) in [6, 6.07) is 10.8. The van der Waals surface area contributed by atoms with Crippen LogP contribution in [0.25, 0.3) is 6.08 Å². The van der Waals surface area contributed by atoms with Gasteiger partial charge in [-0.1, -0.05) is 17.7 Å². The minimum Gasteiger partial charge on any atom is -0.504 e. The van der Waals surface area contributed by atoms with Crippen LogP contribution in [0.1, 0.15) is 16.7 Å². The van der Waals surface area contributed by atoms with Crippen LogP contribution in [0.2, 0.25) is 0 Å². The monoisotopic (exact) mass is 448 g/mol. The molecule has 2 aromatic rings. The first-order valence-corrected chi connectivity index (χ1v) is 8.50. The molecule has 2 rings (SSSR count). The van der Waals surface area contributed by atoms with Crippen molar-refractivity contribution in [2.75, 3.05) is 12.4 Å². The summed E-state index contributed by atoms with van der Waals surface area (Å²) in [6.07, 6.45) is 1.46. The van der Waals surface area contributed by atoms with Crippen molar-refractivity contribution in [2.45, 2.75) is 13.8 Å². The van der Waals surface area contributed by atoms with E-state index in [0.717, 1.165) is 11.1 Å². The van der Waals surface area contributed by atoms with Crippen LogP contribution >= 0.6 is 22.6 Å². The maximum Gasteiger partial charge on any atom is 0.266 e. The summed E-state index contributed by atoms with van der Waals surface area (Å²) in [5.74, 6) is -0.180. The predicted octanol–water partition coefficient (Wildman–Crippen LogP) is 4.17. The van der Waals surface area contributed by atoms with E-state index in [-0.39, 0.29) is 17.1 Å². The van der Waals surface area contributed by atoms with Gasteiger partial charge in [-0.15, -0.1) is 0 Å². The van der Waals surface area contributed by atoms with Crippen LogP contribution < -0.4 is 10.1 Å². The number of aromatic hydroxyl groups is 1. The van der Waals surface area contributed by atoms with E-state index in [0.29, 0.717) is 14.8 Å². The molecule has 2 N–H and O–H groups in total. The lowest BCUT2D eigenvalue weighted by atomic mass is 10.1. The third-order valence-corrected chi connectivity index (χ3v) is 4.40. The van der Waals surface area contributed by atoms with Gasteiger partial charge in [-0.05, 0) is 71.8 Å². The van der Waals surface area contributed by atoms with Gasteiger partial charge < -0.3 is 15.2 Å². The number of carbonyl (C=O) groups excluding carboxylic acids is 1. The summed E-state index contributed by atoms with van der Waals surface area (Å²) in [5, 5.41) is 22.0. The molecule has 0 unspecified atom stereocenters. The number of amides is 1. The van der Waals surface area contributed by atoms with E-state index in [9.17, 15) is 15.2 Å². The molecule has 0 bridgehead atoms. The van der Waals surface area contributed by atoms with Crippen LogP contribution in [-0.4, -0.2) is 18.1 Å². The molecule has 0 aliphatic rings. The van der Waals surface area contributed by atoms with Crippen molar-refractivity contribution in [1.29, 1.82) is 5.26 Å². The summed E-state index contributed by atoms with van der Waals surface area (Å²) in [5.41, 5.74) is 3.23. The number of ether oxygens (including phenoxy) is 1. The summed E-state index contributed by atoms with van der Waals surface area (Å²) in [7, 11) is 1.44. The fraction of sp³-hybridized carbons (Fsp3) is 0.158. The molecule has 0 aromatic heterocycles. The summed E-state index contributed by atoms with van der Waals surface area (Å²) in [6.45, 7) is 3.87. The SMILES string of the molecule is COc1cc(/C=C(/C#N)C(=O)Nc2ccc(C)cc2C)cc(I)c1O. The first-order chi connectivity index (χ1) is 11.8. The van der Waals surface area contributed by atoms with E-state index >= 15 is 0 Å². The Bertz CT molecular complexity index is 898. The highest BCUT2D eigenvalue weighted by Gasteiger charge is 2.13. The van der Waals surface area contributed by atoms with Gasteiger partial charge in [-0.3, -0.25) is 4.79 Å². The molecule has 0 heterocycles. The molecule has 1 amide bonds. The maximum atomic E-state index is 12.4. The fourth-order valence-corrected chi connectivity index (χ4v) is 2.92. The largest absolute Gasteiger partial charge is 0.504 e. The smallest absolute Gasteiger partial charge is 0.266 e. The topological polar surface area (TPSA) is 82.3 Å². The number of phenols is 1. The second-order valence-electron chi connectivity index (χ2n) is 5.50. The first kappa shape index (κ1) is 18.8. The second kappa shape index (κ2) is 8.03. The molecule has 5 nitrogen and oxygen atoms in total. The van der Waals surface area contributed by atoms with E-state index in [4.69, 9.17) is 4.74 Å². The van der Waals surface area contributed by atoms with E-state index < -0.39 is 5.91 Å². The number of hydrogen-bond donors (Lipinski definition) is 2. The number of nitrogens with zero attached hydrogens (tertiary/aromatic N) is 1. The number of methoxy groups -OCH3 is 1. The van der Waals surface area contributed by atoms with Crippen LogP contribution in [-0.2, 0) is 4.79 Å². The summed E-state index contributed by atoms with van der Waals surface area (Å²) >= 11 is 1.96. The number of phenolic OH excluding ortho intramolecular Hbond substituents is 1. The number of halogens is 1. The maximum absolute atomic E-state index is 12.4. The lowest BCUT2D eigenvalue weighted by Crippen LogP contribution is -2.14. The standard InChI is InChI=1S/C19H17IN2O3/c1-11-4-5-16(12(2)6-11)22-19(24)14(10-21)7-13-8-15(20)18(23)17(9-13)25-3/h4-9,23H,1-3H3,(H,22,24)/b14-7-. The van der Waals surface area contributed by atoms with Crippen molar-refractivity contribution in [3.8, 4) is 17.6 Å². The highest BCUT2D eigenvalue weighted by molar-refractivity contribution is 14.1. The Kier molecular flexibility index (Phi) is 6.04. The molecule has 0 saturated heterocycles. The van der Waals surface area contributed by atoms with Gasteiger partial charge in [-0.2, -0.15) is 5.26 Å². The molecular weight excluding hydrogens is 431 g/mol. The van der Waals surface area contributed by atoms with E-state index in [2.05, 4.69) is 5.32 Å². The predicted molar refractivity (Wildman–Crippen MR) is 106 cm³/mol. The number of rotatable bonds is 4. The average molecular weight is 448 g/mol. The van der Waals surface area contributed by atoms with Gasteiger partial charge in [0.25, 0.3) is 5.91 Å². The Hall–Kier alpha value is -2.53. The zero-order chi connectivity index (χ0) is 18.6. The van der Waals surface area contributed by atoms with Gasteiger partial charge in [0.05, 0.1) is 10.7 Å². The number of carbonyl (C=O) groups is 1. The van der Waals surface area contributed by atoms with Gasteiger partial charge >= 0.3 is 0 Å². The van der Waals surface area contributed by atoms with Crippen LogP contribution in [0.5, 0.6) is 11.5 Å². The second-order valence-corrected chi connectivity index (χ2v) is 6.66. The lowest BCUT2D eigenvalue weighted by molar-refractivity contribution is -0.112. The van der Waals surface area contributed by atoms with Crippen molar-refractivity contribution in [2.24, 2.45) is 0 Å². The molecule has 0 aliphatic heterocycles. The minimum absolute atomic E-state index is 0.0264. The zero-order valence-electron chi connectivity index (χ0n) is 14.1. The number of aryl methyl sites for hydroxylation is 2. The van der Waals surface area contributed by atoms with Crippen LogP contribution in [0, 0.1) is 28.7 Å². The third kappa shape index (κ3) is 4.51. The minimum atomic E-state index is -0.489. The van der Waals surface area contributed by atoms with Crippen molar-refractivity contribution in [3.05, 3.63) is 56.2 Å². The molecule has 0 atom stereocenters. The Morgan fingerprint density at radius 1 is 1.32 bits per heavy atom. The average Bonchev–Trinajstić information content (AvgIpc) is 2.57. The van der Waals surface area contributed by atoms with Gasteiger partial charge in [0.1, 0.15) is 11.6 Å². The van der Waals surface area contributed by atoms with Crippen LogP contribution in [0.15, 0.2) is 35.9 Å². The van der Waals surface area contributed by atoms with Gasteiger partial charge in [0.2, 0.25) is 0 Å². The highest BCUT2D eigenvalue weighted by Crippen LogP contribution is 2.33. The van der Waals surface area contributed by atoms with Crippen molar-refractivity contribution in [1.82, 2.24) is 0 Å². The molecule has 2 aromatic carbocycles. The molecule has 0 spiro atoms. The van der Waals surface area contributed by atoms with Gasteiger partial charge in [0.15, 0.2) is 11.5 Å². The number of nitrogens with one attached hydrogen (secondary N) is 1. The molecule has 0 aliphatic carbocycles. The Morgan fingerprint density at radius 3 is 2.64 bits per heavy atom. The normalized spacial score (nSPS) is 10.9. The first-order valence-electron chi connectivity index (χ1n) is 7.42. The Balaban J connectivity index is 2.32. The fourth-order valence-electron chi connectivity index (χ4n) is 2.29. The Labute approximate surface area is 160 Å². The number of nitriles is 1. The van der Waals surface area contributed by atoms with Crippen molar-refractivity contribution in [3.63, 3.8) is 0 Å². The molecule has 6 heteroatoms. The quantitative estimate of drug-likeness (QED) is 0.418. The van der Waals surface area contributed by atoms with E-state index in [1.54, 1.807) is 12.1 Å². The highest BCUT2D eigenvalue weighted by atomic mass is 127. The van der Waals surface area contributed by atoms with Crippen molar-refractivity contribution < 1.29 is 14.6 Å². The summed E-state index contributed by atoms with van der Waals surface area (Å²) < 4.78 is 5.66. The molecular formula is C19H17IN2O3. The molecule has 0 radical (unpaired) electrons. The number of anilines is 1. The molecule has 128 valence electrons. The Morgan fingerprint density at radius 2 is 2.04 bits per heavy atom. The van der Waals surface area contributed by atoms with Gasteiger partial charge in [0, 0.05) is 5.69 Å². The molecule has 0 saturated carbocycles. The van der Waals surface area contributed by atoms with Gasteiger partial charge in [-0.25, -0.2) is 0 Å². The molecule has 0 fully saturated rings. The van der Waals surface area contributed by atoms with Crippen LogP contribution in [0.4, 0.5) is 5.69 Å². The van der Waals surface area contributed by atoms with E-state index in [1.165, 1.54) is 13.2 Å². The van der Waals surface area contributed by atoms with Crippen LogP contribution in [0.3, 0.4) is 0 Å².